The highest BCUT2D eigenvalue weighted by Gasteiger charge is 2.30. The Labute approximate surface area is 162 Å². The number of hydrogen-bond acceptors (Lipinski definition) is 3. The van der Waals surface area contributed by atoms with Gasteiger partial charge in [-0.15, -0.1) is 0 Å². The van der Waals surface area contributed by atoms with Crippen LogP contribution < -0.4 is 5.32 Å². The van der Waals surface area contributed by atoms with Gasteiger partial charge < -0.3 is 15.0 Å². The van der Waals surface area contributed by atoms with E-state index < -0.39 is 17.3 Å². The Kier molecular flexibility index (Phi) is 5.28. The van der Waals surface area contributed by atoms with Gasteiger partial charge in [0.2, 0.25) is 0 Å². The predicted octanol–water partition coefficient (Wildman–Crippen LogP) is 5.74. The zero-order chi connectivity index (χ0) is 20.5. The van der Waals surface area contributed by atoms with Gasteiger partial charge in [0.25, 0.3) is 0 Å². The summed E-state index contributed by atoms with van der Waals surface area (Å²) in [4.78, 5) is 14.0. The third kappa shape index (κ3) is 4.77. The summed E-state index contributed by atoms with van der Waals surface area (Å²) in [6.07, 6.45) is -4.06. The van der Waals surface area contributed by atoms with Gasteiger partial charge in [-0.2, -0.15) is 13.2 Å². The number of nitrogens with one attached hydrogen (secondary N) is 1. The molecule has 0 spiro atoms. The predicted molar refractivity (Wildman–Crippen MR) is 102 cm³/mol. The lowest BCUT2D eigenvalue weighted by Gasteiger charge is -2.32. The standard InChI is InChI=1S/C21H23F3N2O2/c1-20(2,3)28-19(27)26-12-11-17-14(13-26)5-4-6-18(17)25-16-9-7-15(8-10-16)21(22,23)24/h4-10,25H,11-13H2,1-3H3. The number of halogens is 3. The Morgan fingerprint density at radius 1 is 1.07 bits per heavy atom. The van der Waals surface area contributed by atoms with Crippen LogP contribution in [0.5, 0.6) is 0 Å². The van der Waals surface area contributed by atoms with Crippen LogP contribution >= 0.6 is 0 Å². The summed E-state index contributed by atoms with van der Waals surface area (Å²) in [6, 6.07) is 10.6. The summed E-state index contributed by atoms with van der Waals surface area (Å²) in [5.41, 5.74) is 2.23. The molecular formula is C21H23F3N2O2. The summed E-state index contributed by atoms with van der Waals surface area (Å²) < 4.78 is 43.6. The van der Waals surface area contributed by atoms with E-state index in [2.05, 4.69) is 5.32 Å². The maximum atomic E-state index is 12.7. The molecule has 0 radical (unpaired) electrons. The lowest BCUT2D eigenvalue weighted by atomic mass is 9.97. The minimum absolute atomic E-state index is 0.348. The number of fused-ring (bicyclic) bond motifs is 1. The second-order valence-corrected chi connectivity index (χ2v) is 7.80. The fourth-order valence-electron chi connectivity index (χ4n) is 3.11. The fraction of sp³-hybridized carbons (Fsp3) is 0.381. The number of nitrogens with zero attached hydrogens (tertiary/aromatic N) is 1. The number of carbonyl (C=O) groups is 1. The van der Waals surface area contributed by atoms with E-state index in [1.165, 1.54) is 12.1 Å². The Bertz CT molecular complexity index is 855. The van der Waals surface area contributed by atoms with E-state index in [1.807, 2.05) is 39.0 Å². The van der Waals surface area contributed by atoms with Crippen molar-refractivity contribution in [3.05, 3.63) is 59.2 Å². The Morgan fingerprint density at radius 3 is 2.36 bits per heavy atom. The van der Waals surface area contributed by atoms with Crippen LogP contribution in [0.15, 0.2) is 42.5 Å². The largest absolute Gasteiger partial charge is 0.444 e. The van der Waals surface area contributed by atoms with Crippen molar-refractivity contribution < 1.29 is 22.7 Å². The third-order valence-electron chi connectivity index (χ3n) is 4.41. The highest BCUT2D eigenvalue weighted by atomic mass is 19.4. The maximum absolute atomic E-state index is 12.7. The molecule has 0 saturated carbocycles. The summed E-state index contributed by atoms with van der Waals surface area (Å²) >= 11 is 0. The monoisotopic (exact) mass is 392 g/mol. The zero-order valence-corrected chi connectivity index (χ0v) is 16.1. The molecule has 0 saturated heterocycles. The molecule has 1 aliphatic rings. The number of alkyl halides is 3. The molecule has 150 valence electrons. The first kappa shape index (κ1) is 20.0. The average Bonchev–Trinajstić information content (AvgIpc) is 2.60. The number of rotatable bonds is 2. The number of hydrogen-bond donors (Lipinski definition) is 1. The van der Waals surface area contributed by atoms with Gasteiger partial charge in [-0.1, -0.05) is 12.1 Å². The van der Waals surface area contributed by atoms with Crippen LogP contribution in [-0.4, -0.2) is 23.1 Å². The first-order valence-corrected chi connectivity index (χ1v) is 9.06. The SMILES string of the molecule is CC(C)(C)OC(=O)N1CCc2c(cccc2Nc2ccc(C(F)(F)F)cc2)C1. The lowest BCUT2D eigenvalue weighted by Crippen LogP contribution is -2.40. The van der Waals surface area contributed by atoms with Gasteiger partial charge in [-0.25, -0.2) is 4.79 Å². The molecule has 0 aliphatic carbocycles. The van der Waals surface area contributed by atoms with Crippen molar-refractivity contribution in [2.45, 2.75) is 45.5 Å². The molecule has 1 heterocycles. The van der Waals surface area contributed by atoms with Crippen molar-refractivity contribution in [2.24, 2.45) is 0 Å². The van der Waals surface area contributed by atoms with Crippen molar-refractivity contribution in [1.82, 2.24) is 4.90 Å². The number of ether oxygens (including phenoxy) is 1. The van der Waals surface area contributed by atoms with E-state index in [0.29, 0.717) is 25.2 Å². The van der Waals surface area contributed by atoms with Gasteiger partial charge >= 0.3 is 12.3 Å². The Balaban J connectivity index is 1.75. The van der Waals surface area contributed by atoms with Crippen molar-refractivity contribution in [3.63, 3.8) is 0 Å². The van der Waals surface area contributed by atoms with E-state index >= 15 is 0 Å². The topological polar surface area (TPSA) is 41.6 Å². The van der Waals surface area contributed by atoms with Gasteiger partial charge in [0.1, 0.15) is 5.60 Å². The number of carbonyl (C=O) groups excluding carboxylic acids is 1. The van der Waals surface area contributed by atoms with Crippen LogP contribution in [0, 0.1) is 0 Å². The van der Waals surface area contributed by atoms with E-state index in [-0.39, 0.29) is 6.09 Å². The van der Waals surface area contributed by atoms with Gasteiger partial charge in [-0.3, -0.25) is 0 Å². The van der Waals surface area contributed by atoms with Crippen LogP contribution in [0.4, 0.5) is 29.3 Å². The van der Waals surface area contributed by atoms with Crippen molar-refractivity contribution >= 4 is 17.5 Å². The third-order valence-corrected chi connectivity index (χ3v) is 4.41. The second kappa shape index (κ2) is 7.37. The summed E-state index contributed by atoms with van der Waals surface area (Å²) in [5, 5.41) is 3.19. The molecular weight excluding hydrogens is 369 g/mol. The minimum atomic E-state index is -4.35. The number of benzene rings is 2. The van der Waals surface area contributed by atoms with E-state index in [1.54, 1.807) is 4.90 Å². The van der Waals surface area contributed by atoms with E-state index in [0.717, 1.165) is 28.9 Å². The molecule has 2 aromatic carbocycles. The number of amides is 1. The molecule has 0 aromatic heterocycles. The molecule has 1 aliphatic heterocycles. The van der Waals surface area contributed by atoms with Gasteiger partial charge in [-0.05, 0) is 68.7 Å². The van der Waals surface area contributed by atoms with Crippen molar-refractivity contribution in [1.29, 1.82) is 0 Å². The first-order valence-electron chi connectivity index (χ1n) is 9.06. The van der Waals surface area contributed by atoms with Gasteiger partial charge in [0.15, 0.2) is 0 Å². The molecule has 7 heteroatoms. The van der Waals surface area contributed by atoms with Crippen molar-refractivity contribution in [3.8, 4) is 0 Å². The van der Waals surface area contributed by atoms with E-state index in [4.69, 9.17) is 4.74 Å². The molecule has 1 N–H and O–H groups in total. The fourth-order valence-corrected chi connectivity index (χ4v) is 3.11. The van der Waals surface area contributed by atoms with Crippen LogP contribution in [0.3, 0.4) is 0 Å². The zero-order valence-electron chi connectivity index (χ0n) is 16.1. The molecule has 4 nitrogen and oxygen atoms in total. The van der Waals surface area contributed by atoms with Crippen LogP contribution in [0.1, 0.15) is 37.5 Å². The van der Waals surface area contributed by atoms with Gasteiger partial charge in [0, 0.05) is 24.5 Å². The molecule has 28 heavy (non-hydrogen) atoms. The summed E-state index contributed by atoms with van der Waals surface area (Å²) in [6.45, 7) is 6.44. The normalized spacial score (nSPS) is 14.4. The van der Waals surface area contributed by atoms with Crippen LogP contribution in [0.2, 0.25) is 0 Å². The quantitative estimate of drug-likeness (QED) is 0.708. The first-order chi connectivity index (χ1) is 13.0. The molecule has 1 amide bonds. The summed E-state index contributed by atoms with van der Waals surface area (Å²) in [5.74, 6) is 0. The minimum Gasteiger partial charge on any atom is -0.444 e. The number of anilines is 2. The van der Waals surface area contributed by atoms with Crippen LogP contribution in [-0.2, 0) is 23.9 Å². The average molecular weight is 392 g/mol. The molecule has 0 unspecified atom stereocenters. The van der Waals surface area contributed by atoms with E-state index in [9.17, 15) is 18.0 Å². The highest BCUT2D eigenvalue weighted by molar-refractivity contribution is 5.70. The second-order valence-electron chi connectivity index (χ2n) is 7.80. The molecule has 2 aromatic rings. The highest BCUT2D eigenvalue weighted by Crippen LogP contribution is 2.32. The molecule has 3 rings (SSSR count). The summed E-state index contributed by atoms with van der Waals surface area (Å²) in [7, 11) is 0. The van der Waals surface area contributed by atoms with Crippen LogP contribution in [0.25, 0.3) is 0 Å². The van der Waals surface area contributed by atoms with Gasteiger partial charge in [0.05, 0.1) is 5.56 Å². The lowest BCUT2D eigenvalue weighted by molar-refractivity contribution is -0.137. The van der Waals surface area contributed by atoms with Crippen molar-refractivity contribution in [2.75, 3.05) is 11.9 Å². The molecule has 0 atom stereocenters. The maximum Gasteiger partial charge on any atom is 0.416 e. The Morgan fingerprint density at radius 2 is 1.75 bits per heavy atom. The smallest absolute Gasteiger partial charge is 0.416 e. The Hall–Kier alpha value is -2.70. The molecule has 0 fully saturated rings. The molecule has 0 bridgehead atoms.